The van der Waals surface area contributed by atoms with Crippen molar-refractivity contribution in [3.05, 3.63) is 35.4 Å². The average Bonchev–Trinajstić information content (AvgIpc) is 3.34. The molecule has 2 aliphatic carbocycles. The fraction of sp³-hybridized carbons (Fsp3) is 0.742. The minimum atomic E-state index is -0.123. The molecule has 10 nitrogen and oxygen atoms in total. The van der Waals surface area contributed by atoms with E-state index < -0.39 is 0 Å². The van der Waals surface area contributed by atoms with Gasteiger partial charge in [-0.3, -0.25) is 0 Å². The van der Waals surface area contributed by atoms with Gasteiger partial charge in [0.25, 0.3) is 0 Å². The van der Waals surface area contributed by atoms with Crippen molar-refractivity contribution in [1.82, 2.24) is 4.90 Å². The molecule has 0 aromatic heterocycles. The van der Waals surface area contributed by atoms with Gasteiger partial charge in [-0.25, -0.2) is 0 Å². The number of likely N-dealkylation sites (N-methyl/N-ethyl adjacent to an activating group) is 1. The highest BCUT2D eigenvalue weighted by Gasteiger charge is 2.64. The molecule has 4 aliphatic rings. The normalized spacial score (nSPS) is 27.6. The van der Waals surface area contributed by atoms with E-state index in [0.29, 0.717) is 91.2 Å². The van der Waals surface area contributed by atoms with Crippen molar-refractivity contribution < 1.29 is 42.6 Å². The highest BCUT2D eigenvalue weighted by atomic mass is 16.6. The van der Waals surface area contributed by atoms with Crippen LogP contribution in [0.15, 0.2) is 24.3 Å². The van der Waals surface area contributed by atoms with Gasteiger partial charge in [-0.05, 0) is 38.1 Å². The Kier molecular flexibility index (Phi) is 11.3. The van der Waals surface area contributed by atoms with Crippen molar-refractivity contribution in [2.24, 2.45) is 5.92 Å². The summed E-state index contributed by atoms with van der Waals surface area (Å²) < 4.78 is 51.4. The number of likely N-dealkylation sites (tertiary alicyclic amines) is 1. The van der Waals surface area contributed by atoms with Gasteiger partial charge in [0.2, 0.25) is 0 Å². The van der Waals surface area contributed by atoms with E-state index in [1.165, 1.54) is 11.1 Å². The van der Waals surface area contributed by atoms with Gasteiger partial charge in [0.15, 0.2) is 11.5 Å². The number of piperidine rings is 1. The van der Waals surface area contributed by atoms with Crippen LogP contribution < -0.4 is 9.47 Å². The van der Waals surface area contributed by atoms with Gasteiger partial charge in [0.1, 0.15) is 12.2 Å². The summed E-state index contributed by atoms with van der Waals surface area (Å²) in [6.45, 7) is 7.53. The first-order valence-electron chi connectivity index (χ1n) is 15.0. The zero-order chi connectivity index (χ0) is 28.5. The summed E-state index contributed by atoms with van der Waals surface area (Å²) in [4.78, 5) is 2.52. The van der Waals surface area contributed by atoms with E-state index in [0.717, 1.165) is 30.9 Å². The summed E-state index contributed by atoms with van der Waals surface area (Å²) in [6.07, 6.45) is 6.54. The fourth-order valence-corrected chi connectivity index (χ4v) is 6.88. The zero-order valence-corrected chi connectivity index (χ0v) is 24.8. The standard InChI is InChI=1S/C31H47NO9/c1-32-9-8-31-24-5-7-27(30(31)41-29-26(34-3)6-4-23(28(29)31)22-25(24)32)40-21-20-39-19-18-38-17-16-37-15-14-36-13-12-35-11-10-33-2/h4-7,24-25,27,30H,8-22H2,1-3H3/t24?,25?,27-,30?,31-/m0/s1. The topological polar surface area (TPSA) is 86.3 Å². The Morgan fingerprint density at radius 2 is 1.41 bits per heavy atom. The van der Waals surface area contributed by atoms with Crippen LogP contribution in [-0.2, 0) is 45.0 Å². The molecule has 5 atom stereocenters. The average molecular weight is 578 g/mol. The third-order valence-corrected chi connectivity index (χ3v) is 8.79. The van der Waals surface area contributed by atoms with Crippen LogP contribution >= 0.6 is 0 Å². The highest BCUT2D eigenvalue weighted by Crippen LogP contribution is 2.62. The Morgan fingerprint density at radius 1 is 0.805 bits per heavy atom. The molecule has 2 aliphatic heterocycles. The fourth-order valence-electron chi connectivity index (χ4n) is 6.88. The predicted octanol–water partition coefficient (Wildman–Crippen LogP) is 2.25. The van der Waals surface area contributed by atoms with Gasteiger partial charge in [-0.2, -0.15) is 0 Å². The molecular formula is C31H47NO9. The molecule has 2 bridgehead atoms. The maximum atomic E-state index is 6.73. The lowest BCUT2D eigenvalue weighted by Gasteiger charge is -2.56. The number of benzene rings is 1. The second kappa shape index (κ2) is 15.1. The first kappa shape index (κ1) is 30.7. The van der Waals surface area contributed by atoms with Gasteiger partial charge in [-0.1, -0.05) is 18.2 Å². The first-order chi connectivity index (χ1) is 20.2. The maximum Gasteiger partial charge on any atom is 0.165 e. The van der Waals surface area contributed by atoms with Crippen LogP contribution in [0.25, 0.3) is 0 Å². The van der Waals surface area contributed by atoms with Crippen molar-refractivity contribution in [2.45, 2.75) is 36.5 Å². The lowest BCUT2D eigenvalue weighted by molar-refractivity contribution is -0.0818. The van der Waals surface area contributed by atoms with E-state index in [4.69, 9.17) is 42.6 Å². The number of ether oxygens (including phenoxy) is 9. The number of hydrogen-bond donors (Lipinski definition) is 0. The summed E-state index contributed by atoms with van der Waals surface area (Å²) in [5.41, 5.74) is 2.70. The number of methoxy groups -OCH3 is 2. The lowest BCUT2D eigenvalue weighted by atomic mass is 9.53. The SMILES string of the molecule is COCCOCCOCCOCCOCCOCCO[C@H]1C=CC2C3Cc4ccc(OC)c5c4[C@@]2(CCN3C)C1O5. The summed E-state index contributed by atoms with van der Waals surface area (Å²) in [7, 11) is 5.63. The Labute approximate surface area is 244 Å². The van der Waals surface area contributed by atoms with Gasteiger partial charge in [0.05, 0.1) is 86.4 Å². The molecule has 0 radical (unpaired) electrons. The van der Waals surface area contributed by atoms with Gasteiger partial charge >= 0.3 is 0 Å². The molecular weight excluding hydrogens is 530 g/mol. The minimum Gasteiger partial charge on any atom is -0.493 e. The maximum absolute atomic E-state index is 6.73. The molecule has 0 saturated carbocycles. The van der Waals surface area contributed by atoms with Crippen LogP contribution in [-0.4, -0.2) is 130 Å². The van der Waals surface area contributed by atoms with E-state index >= 15 is 0 Å². The summed E-state index contributed by atoms with van der Waals surface area (Å²) in [5.74, 6) is 2.17. The van der Waals surface area contributed by atoms with Crippen molar-refractivity contribution in [2.75, 3.05) is 107 Å². The Morgan fingerprint density at radius 3 is 2.02 bits per heavy atom. The van der Waals surface area contributed by atoms with Crippen LogP contribution in [0, 0.1) is 5.92 Å². The van der Waals surface area contributed by atoms with Crippen LogP contribution in [0.2, 0.25) is 0 Å². The summed E-state index contributed by atoms with van der Waals surface area (Å²) in [6, 6.07) is 4.78. The molecule has 5 rings (SSSR count). The van der Waals surface area contributed by atoms with Gasteiger partial charge < -0.3 is 47.5 Å². The summed E-state index contributed by atoms with van der Waals surface area (Å²) in [5, 5.41) is 0. The molecule has 41 heavy (non-hydrogen) atoms. The molecule has 0 N–H and O–H groups in total. The smallest absolute Gasteiger partial charge is 0.165 e. The number of nitrogens with zero attached hydrogens (tertiary/aromatic N) is 1. The van der Waals surface area contributed by atoms with E-state index in [2.05, 4.69) is 36.2 Å². The Balaban J connectivity index is 0.968. The second-order valence-electron chi connectivity index (χ2n) is 11.0. The quantitative estimate of drug-likeness (QED) is 0.170. The summed E-state index contributed by atoms with van der Waals surface area (Å²) >= 11 is 0. The van der Waals surface area contributed by atoms with Crippen molar-refractivity contribution >= 4 is 0 Å². The van der Waals surface area contributed by atoms with Gasteiger partial charge in [0, 0.05) is 30.0 Å². The van der Waals surface area contributed by atoms with Crippen LogP contribution in [0.1, 0.15) is 17.5 Å². The Bertz CT molecular complexity index is 991. The largest absolute Gasteiger partial charge is 0.493 e. The molecule has 1 fully saturated rings. The minimum absolute atomic E-state index is 0.0537. The molecule has 1 aromatic carbocycles. The first-order valence-corrected chi connectivity index (χ1v) is 15.0. The lowest BCUT2D eigenvalue weighted by Crippen LogP contribution is -2.65. The molecule has 3 unspecified atom stereocenters. The molecule has 0 amide bonds. The van der Waals surface area contributed by atoms with Gasteiger partial charge in [-0.15, -0.1) is 0 Å². The molecule has 1 saturated heterocycles. The number of hydrogen-bond acceptors (Lipinski definition) is 10. The van der Waals surface area contributed by atoms with E-state index in [1.54, 1.807) is 14.2 Å². The van der Waals surface area contributed by atoms with Crippen molar-refractivity contribution in [3.8, 4) is 11.5 Å². The van der Waals surface area contributed by atoms with E-state index in [1.807, 2.05) is 0 Å². The molecule has 1 spiro atoms. The number of rotatable bonds is 20. The van der Waals surface area contributed by atoms with Crippen LogP contribution in [0.5, 0.6) is 11.5 Å². The molecule has 2 heterocycles. The highest BCUT2D eigenvalue weighted by molar-refractivity contribution is 5.62. The van der Waals surface area contributed by atoms with Crippen molar-refractivity contribution in [1.29, 1.82) is 0 Å². The monoisotopic (exact) mass is 577 g/mol. The van der Waals surface area contributed by atoms with Crippen molar-refractivity contribution in [3.63, 3.8) is 0 Å². The van der Waals surface area contributed by atoms with Crippen LogP contribution in [0.3, 0.4) is 0 Å². The third-order valence-electron chi connectivity index (χ3n) is 8.79. The third kappa shape index (κ3) is 6.75. The second-order valence-corrected chi connectivity index (χ2v) is 11.0. The predicted molar refractivity (Wildman–Crippen MR) is 152 cm³/mol. The molecule has 230 valence electrons. The van der Waals surface area contributed by atoms with Crippen LogP contribution in [0.4, 0.5) is 0 Å². The molecule has 1 aromatic rings. The van der Waals surface area contributed by atoms with E-state index in [-0.39, 0.29) is 17.6 Å². The van der Waals surface area contributed by atoms with E-state index in [9.17, 15) is 0 Å². The zero-order valence-electron chi connectivity index (χ0n) is 24.8. The molecule has 10 heteroatoms. The Hall–Kier alpha value is -1.76.